The molecule has 7 nitrogen and oxygen atoms in total. The molecule has 0 radical (unpaired) electrons. The molecule has 0 unspecified atom stereocenters. The van der Waals surface area contributed by atoms with Gasteiger partial charge in [-0.1, -0.05) is 0 Å². The predicted octanol–water partition coefficient (Wildman–Crippen LogP) is 0.464. The maximum Gasteiger partial charge on any atom is 0.280 e. The minimum absolute atomic E-state index is 0.197. The molecule has 0 aliphatic rings. The highest BCUT2D eigenvalue weighted by atomic mass is 16.2. The van der Waals surface area contributed by atoms with Crippen molar-refractivity contribution in [3.63, 3.8) is 0 Å². The van der Waals surface area contributed by atoms with Crippen LogP contribution in [-0.2, 0) is 0 Å². The van der Waals surface area contributed by atoms with E-state index in [0.717, 1.165) is 11.4 Å². The van der Waals surface area contributed by atoms with Gasteiger partial charge in [-0.15, -0.1) is 0 Å². The highest BCUT2D eigenvalue weighted by Crippen LogP contribution is 2.04. The van der Waals surface area contributed by atoms with Crippen molar-refractivity contribution in [2.75, 3.05) is 5.32 Å². The van der Waals surface area contributed by atoms with E-state index in [1.165, 1.54) is 6.20 Å². The fraction of sp³-hybridized carbons (Fsp3) is 0.222. The van der Waals surface area contributed by atoms with Crippen LogP contribution in [0.15, 0.2) is 12.3 Å². The summed E-state index contributed by atoms with van der Waals surface area (Å²) in [6.07, 6.45) is 1.33. The van der Waals surface area contributed by atoms with E-state index in [1.54, 1.807) is 0 Å². The maximum absolute atomic E-state index is 11.6. The number of aromatic amines is 1. The highest BCUT2D eigenvalue weighted by molar-refractivity contribution is 6.01. The first-order chi connectivity index (χ1) is 7.65. The Balaban J connectivity index is 2.18. The number of carbonyl (C=O) groups excluding carboxylic acids is 1. The summed E-state index contributed by atoms with van der Waals surface area (Å²) in [7, 11) is 0. The Kier molecular flexibility index (Phi) is 2.59. The van der Waals surface area contributed by atoms with Crippen LogP contribution in [0, 0.1) is 13.8 Å². The van der Waals surface area contributed by atoms with Crippen LogP contribution < -0.4 is 5.32 Å². The smallest absolute Gasteiger partial charge is 0.280 e. The van der Waals surface area contributed by atoms with Gasteiger partial charge in [0.15, 0.2) is 5.69 Å². The third-order valence-corrected chi connectivity index (χ3v) is 1.86. The molecule has 0 atom stereocenters. The number of hydrogen-bond donors (Lipinski definition) is 2. The molecule has 0 aliphatic heterocycles. The number of amides is 1. The Morgan fingerprint density at radius 2 is 2.00 bits per heavy atom. The minimum atomic E-state index is -0.390. The van der Waals surface area contributed by atoms with Gasteiger partial charge in [0.2, 0.25) is 5.95 Å². The number of carbonyl (C=O) groups is 1. The van der Waals surface area contributed by atoms with E-state index in [2.05, 4.69) is 30.7 Å². The van der Waals surface area contributed by atoms with Gasteiger partial charge >= 0.3 is 0 Å². The first-order valence-corrected chi connectivity index (χ1v) is 4.64. The van der Waals surface area contributed by atoms with Gasteiger partial charge in [0, 0.05) is 11.4 Å². The zero-order chi connectivity index (χ0) is 11.5. The van der Waals surface area contributed by atoms with Crippen molar-refractivity contribution in [2.24, 2.45) is 0 Å². The van der Waals surface area contributed by atoms with Crippen LogP contribution in [0.3, 0.4) is 0 Å². The SMILES string of the molecule is Cc1cc(C)nc(NC(=O)c2cn[nH]n2)n1. The van der Waals surface area contributed by atoms with Gasteiger partial charge in [0.25, 0.3) is 5.91 Å². The minimum Gasteiger partial charge on any atom is -0.289 e. The Morgan fingerprint density at radius 3 is 2.56 bits per heavy atom. The normalized spacial score (nSPS) is 10.1. The third kappa shape index (κ3) is 2.19. The molecular weight excluding hydrogens is 208 g/mol. The summed E-state index contributed by atoms with van der Waals surface area (Å²) in [5, 5.41) is 12.1. The third-order valence-electron chi connectivity index (χ3n) is 1.86. The van der Waals surface area contributed by atoms with Crippen LogP contribution in [0.5, 0.6) is 0 Å². The summed E-state index contributed by atoms with van der Waals surface area (Å²) in [6.45, 7) is 3.67. The molecule has 2 rings (SSSR count). The monoisotopic (exact) mass is 218 g/mol. The fourth-order valence-electron chi connectivity index (χ4n) is 1.26. The van der Waals surface area contributed by atoms with E-state index in [-0.39, 0.29) is 11.6 Å². The molecule has 0 saturated carbocycles. The Labute approximate surface area is 91.3 Å². The van der Waals surface area contributed by atoms with Crippen molar-refractivity contribution in [1.82, 2.24) is 25.4 Å². The molecule has 1 amide bonds. The molecule has 2 N–H and O–H groups in total. The van der Waals surface area contributed by atoms with Gasteiger partial charge in [-0.3, -0.25) is 10.1 Å². The van der Waals surface area contributed by atoms with Gasteiger partial charge in [-0.05, 0) is 19.9 Å². The van der Waals surface area contributed by atoms with E-state index in [0.29, 0.717) is 0 Å². The van der Waals surface area contributed by atoms with Crippen LogP contribution in [0.25, 0.3) is 0 Å². The maximum atomic E-state index is 11.6. The Bertz CT molecular complexity index is 486. The number of anilines is 1. The van der Waals surface area contributed by atoms with Crippen molar-refractivity contribution >= 4 is 11.9 Å². The molecule has 0 saturated heterocycles. The van der Waals surface area contributed by atoms with Crippen LogP contribution in [0.1, 0.15) is 21.9 Å². The molecule has 0 bridgehead atoms. The largest absolute Gasteiger partial charge is 0.289 e. The summed E-state index contributed by atoms with van der Waals surface area (Å²) in [5.74, 6) is -0.121. The second kappa shape index (κ2) is 4.05. The van der Waals surface area contributed by atoms with Gasteiger partial charge in [0.1, 0.15) is 0 Å². The molecule has 0 spiro atoms. The van der Waals surface area contributed by atoms with Gasteiger partial charge in [0.05, 0.1) is 6.20 Å². The van der Waals surface area contributed by atoms with Crippen molar-refractivity contribution in [3.8, 4) is 0 Å². The summed E-state index contributed by atoms with van der Waals surface area (Å²) in [5.41, 5.74) is 1.79. The van der Waals surface area contributed by atoms with E-state index in [4.69, 9.17) is 0 Å². The zero-order valence-corrected chi connectivity index (χ0v) is 8.85. The summed E-state index contributed by atoms with van der Waals surface area (Å²) in [4.78, 5) is 19.7. The van der Waals surface area contributed by atoms with Crippen molar-refractivity contribution in [3.05, 3.63) is 29.3 Å². The van der Waals surface area contributed by atoms with E-state index < -0.39 is 5.91 Å². The first kappa shape index (κ1) is 10.2. The Morgan fingerprint density at radius 1 is 1.31 bits per heavy atom. The molecular formula is C9H10N6O. The molecule has 2 heterocycles. The number of aromatic nitrogens is 5. The van der Waals surface area contributed by atoms with Gasteiger partial charge in [-0.25, -0.2) is 9.97 Å². The lowest BCUT2D eigenvalue weighted by atomic mass is 10.3. The van der Waals surface area contributed by atoms with E-state index >= 15 is 0 Å². The lowest BCUT2D eigenvalue weighted by Crippen LogP contribution is -2.15. The molecule has 0 aromatic carbocycles. The molecule has 2 aromatic rings. The number of H-pyrrole nitrogens is 1. The van der Waals surface area contributed by atoms with Crippen LogP contribution in [-0.4, -0.2) is 31.3 Å². The zero-order valence-electron chi connectivity index (χ0n) is 8.85. The van der Waals surface area contributed by atoms with Crippen molar-refractivity contribution in [1.29, 1.82) is 0 Å². The van der Waals surface area contributed by atoms with Crippen molar-refractivity contribution in [2.45, 2.75) is 13.8 Å². The molecule has 82 valence electrons. The highest BCUT2D eigenvalue weighted by Gasteiger charge is 2.10. The molecule has 2 aromatic heterocycles. The second-order valence-corrected chi connectivity index (χ2v) is 3.28. The average molecular weight is 218 g/mol. The predicted molar refractivity (Wildman–Crippen MR) is 55.8 cm³/mol. The first-order valence-electron chi connectivity index (χ1n) is 4.64. The molecule has 16 heavy (non-hydrogen) atoms. The standard InChI is InChI=1S/C9H10N6O/c1-5-3-6(2)12-9(11-5)13-8(16)7-4-10-15-14-7/h3-4H,1-2H3,(H,10,14,15)(H,11,12,13,16). The molecule has 0 aliphatic carbocycles. The average Bonchev–Trinajstić information content (AvgIpc) is 2.68. The van der Waals surface area contributed by atoms with Gasteiger partial charge < -0.3 is 0 Å². The van der Waals surface area contributed by atoms with E-state index in [9.17, 15) is 4.79 Å². The van der Waals surface area contributed by atoms with Crippen LogP contribution in [0.2, 0.25) is 0 Å². The summed E-state index contributed by atoms with van der Waals surface area (Å²) < 4.78 is 0. The second-order valence-electron chi connectivity index (χ2n) is 3.28. The van der Waals surface area contributed by atoms with Crippen molar-refractivity contribution < 1.29 is 4.79 Å². The lowest BCUT2D eigenvalue weighted by molar-refractivity contribution is 0.102. The summed E-state index contributed by atoms with van der Waals surface area (Å²) in [6, 6.07) is 1.83. The van der Waals surface area contributed by atoms with Crippen LogP contribution >= 0.6 is 0 Å². The van der Waals surface area contributed by atoms with E-state index in [1.807, 2.05) is 19.9 Å². The quantitative estimate of drug-likeness (QED) is 0.763. The number of aryl methyl sites for hydroxylation is 2. The Hall–Kier alpha value is -2.31. The topological polar surface area (TPSA) is 96.5 Å². The number of hydrogen-bond acceptors (Lipinski definition) is 5. The number of nitrogens with zero attached hydrogens (tertiary/aromatic N) is 4. The van der Waals surface area contributed by atoms with Crippen LogP contribution in [0.4, 0.5) is 5.95 Å². The lowest BCUT2D eigenvalue weighted by Gasteiger charge is -2.03. The number of rotatable bonds is 2. The number of nitrogens with one attached hydrogen (secondary N) is 2. The summed E-state index contributed by atoms with van der Waals surface area (Å²) >= 11 is 0. The molecule has 7 heteroatoms. The molecule has 0 fully saturated rings. The fourth-order valence-corrected chi connectivity index (χ4v) is 1.26. The van der Waals surface area contributed by atoms with Gasteiger partial charge in [-0.2, -0.15) is 15.4 Å².